The molecule has 2 aromatic rings. The minimum atomic E-state index is -1.15. The highest BCUT2D eigenvalue weighted by Gasteiger charge is 2.38. The molecule has 0 amide bonds. The summed E-state index contributed by atoms with van der Waals surface area (Å²) in [6, 6.07) is 1.10. The van der Waals surface area contributed by atoms with E-state index >= 15 is 0 Å². The summed E-state index contributed by atoms with van der Waals surface area (Å²) in [6.45, 7) is 18.3. The predicted molar refractivity (Wildman–Crippen MR) is 169 cm³/mol. The Labute approximate surface area is 254 Å². The van der Waals surface area contributed by atoms with Crippen LogP contribution in [0.3, 0.4) is 0 Å². The molecule has 0 saturated carbocycles. The smallest absolute Gasteiger partial charge is 0.305 e. The highest BCUT2D eigenvalue weighted by atomic mass is 28.3. The van der Waals surface area contributed by atoms with Gasteiger partial charge in [-0.1, -0.05) is 19.6 Å². The first kappa shape index (κ1) is 32.9. The first-order chi connectivity index (χ1) is 20.3. The fraction of sp³-hybridized carbons (Fsp3) is 0.774. The molecule has 2 aliphatic heterocycles. The Morgan fingerprint density at radius 3 is 2.67 bits per heavy atom. The fourth-order valence-electron chi connectivity index (χ4n) is 6.24. The number of carbonyl (C=O) groups excluding carboxylic acids is 1. The average Bonchev–Trinajstić information content (AvgIpc) is 3.69. The van der Waals surface area contributed by atoms with Crippen LogP contribution >= 0.6 is 0 Å². The van der Waals surface area contributed by atoms with Crippen molar-refractivity contribution in [3.05, 3.63) is 36.4 Å². The van der Waals surface area contributed by atoms with Gasteiger partial charge >= 0.3 is 5.97 Å². The number of likely N-dealkylation sites (tertiary alicyclic amines) is 1. The zero-order valence-electron chi connectivity index (χ0n) is 26.6. The lowest BCUT2D eigenvalue weighted by atomic mass is 9.78. The SMILES string of the molecule is CCOC(=O)CCCNC(Cc1nccn1CCCN1CCC2(CCNCC2)C1)c1nccn1COCC[Si](C)(C)C. The van der Waals surface area contributed by atoms with Crippen molar-refractivity contribution in [3.8, 4) is 0 Å². The molecule has 4 heterocycles. The van der Waals surface area contributed by atoms with Crippen molar-refractivity contribution in [3.63, 3.8) is 0 Å². The summed E-state index contributed by atoms with van der Waals surface area (Å²) in [7, 11) is -1.15. The van der Waals surface area contributed by atoms with Crippen LogP contribution in [0.2, 0.25) is 25.7 Å². The van der Waals surface area contributed by atoms with Crippen LogP contribution in [0.4, 0.5) is 0 Å². The summed E-state index contributed by atoms with van der Waals surface area (Å²) < 4.78 is 15.6. The summed E-state index contributed by atoms with van der Waals surface area (Å²) in [6.07, 6.45) is 14.8. The second kappa shape index (κ2) is 16.1. The molecular formula is C31H55N7O3Si. The number of nitrogens with zero attached hydrogens (tertiary/aromatic N) is 5. The van der Waals surface area contributed by atoms with Crippen molar-refractivity contribution in [2.45, 2.75) is 96.9 Å². The summed E-state index contributed by atoms with van der Waals surface area (Å²) in [5, 5.41) is 7.19. The lowest BCUT2D eigenvalue weighted by Gasteiger charge is -2.34. The summed E-state index contributed by atoms with van der Waals surface area (Å²) in [5.74, 6) is 1.86. The monoisotopic (exact) mass is 601 g/mol. The average molecular weight is 602 g/mol. The highest BCUT2D eigenvalue weighted by molar-refractivity contribution is 6.76. The summed E-state index contributed by atoms with van der Waals surface area (Å²) in [5.41, 5.74) is 0.553. The Bertz CT molecular complexity index is 1080. The van der Waals surface area contributed by atoms with Gasteiger partial charge in [0.05, 0.1) is 12.6 Å². The van der Waals surface area contributed by atoms with E-state index < -0.39 is 8.07 Å². The van der Waals surface area contributed by atoms with Crippen LogP contribution in [0.5, 0.6) is 0 Å². The van der Waals surface area contributed by atoms with Gasteiger partial charge in [-0.15, -0.1) is 0 Å². The second-order valence-electron chi connectivity index (χ2n) is 13.4. The minimum Gasteiger partial charge on any atom is -0.466 e. The molecule has 2 N–H and O–H groups in total. The first-order valence-corrected chi connectivity index (χ1v) is 19.9. The van der Waals surface area contributed by atoms with Crippen molar-refractivity contribution in [2.24, 2.45) is 5.41 Å². The molecule has 2 aliphatic rings. The third-order valence-corrected chi connectivity index (χ3v) is 10.5. The van der Waals surface area contributed by atoms with Gasteiger partial charge in [0.1, 0.15) is 18.4 Å². The Morgan fingerprint density at radius 2 is 1.88 bits per heavy atom. The van der Waals surface area contributed by atoms with Gasteiger partial charge in [0.25, 0.3) is 0 Å². The largest absolute Gasteiger partial charge is 0.466 e. The van der Waals surface area contributed by atoms with Crippen LogP contribution in [-0.4, -0.2) is 90.5 Å². The van der Waals surface area contributed by atoms with E-state index in [1.807, 2.05) is 25.5 Å². The van der Waals surface area contributed by atoms with Crippen LogP contribution in [0.1, 0.15) is 63.1 Å². The molecule has 0 radical (unpaired) electrons. The second-order valence-corrected chi connectivity index (χ2v) is 19.0. The number of ether oxygens (including phenoxy) is 2. The zero-order valence-corrected chi connectivity index (χ0v) is 27.6. The van der Waals surface area contributed by atoms with Crippen molar-refractivity contribution < 1.29 is 14.3 Å². The summed E-state index contributed by atoms with van der Waals surface area (Å²) in [4.78, 5) is 24.1. The van der Waals surface area contributed by atoms with Gasteiger partial charge in [-0.25, -0.2) is 9.97 Å². The molecule has 1 spiro atoms. The molecule has 2 saturated heterocycles. The van der Waals surface area contributed by atoms with E-state index in [0.717, 1.165) is 50.2 Å². The van der Waals surface area contributed by atoms with Crippen molar-refractivity contribution in [2.75, 3.05) is 52.5 Å². The highest BCUT2D eigenvalue weighted by Crippen LogP contribution is 2.38. The maximum absolute atomic E-state index is 11.9. The van der Waals surface area contributed by atoms with Gasteiger partial charge in [0.15, 0.2) is 0 Å². The van der Waals surface area contributed by atoms with E-state index in [1.54, 1.807) is 0 Å². The lowest BCUT2D eigenvalue weighted by molar-refractivity contribution is -0.143. The van der Waals surface area contributed by atoms with Crippen molar-refractivity contribution >= 4 is 14.0 Å². The van der Waals surface area contributed by atoms with Gasteiger partial charge in [-0.05, 0) is 83.2 Å². The number of nitrogens with one attached hydrogen (secondary N) is 2. The molecule has 4 rings (SSSR count). The molecule has 1 atom stereocenters. The van der Waals surface area contributed by atoms with E-state index in [2.05, 4.69) is 50.5 Å². The van der Waals surface area contributed by atoms with Crippen LogP contribution in [0, 0.1) is 5.41 Å². The molecule has 0 aliphatic carbocycles. The quantitative estimate of drug-likeness (QED) is 0.150. The first-order valence-electron chi connectivity index (χ1n) is 16.2. The molecule has 10 nitrogen and oxygen atoms in total. The number of aromatic nitrogens is 4. The number of aryl methyl sites for hydroxylation is 1. The fourth-order valence-corrected chi connectivity index (χ4v) is 7.00. The number of carbonyl (C=O) groups is 1. The molecule has 2 aromatic heterocycles. The maximum Gasteiger partial charge on any atom is 0.305 e. The Balaban J connectivity index is 1.33. The van der Waals surface area contributed by atoms with Gasteiger partial charge in [-0.3, -0.25) is 4.79 Å². The van der Waals surface area contributed by atoms with E-state index in [1.165, 1.54) is 45.4 Å². The van der Waals surface area contributed by atoms with Crippen molar-refractivity contribution in [1.29, 1.82) is 0 Å². The minimum absolute atomic E-state index is 0.0395. The maximum atomic E-state index is 11.9. The van der Waals surface area contributed by atoms with Gasteiger partial charge in [0.2, 0.25) is 0 Å². The third kappa shape index (κ3) is 10.3. The number of esters is 1. The topological polar surface area (TPSA) is 98.5 Å². The van der Waals surface area contributed by atoms with Crippen LogP contribution < -0.4 is 10.6 Å². The normalized spacial score (nSPS) is 18.1. The molecule has 2 fully saturated rings. The molecule has 0 bridgehead atoms. The standard InChI is InChI=1S/C31H55N7O3Si/c1-5-41-29(39)8-6-12-33-27(30-35-16-21-38(30)26-40-22-23-42(2,3)4)24-28-34-15-20-37(28)18-7-17-36-19-11-31(25-36)9-13-32-14-10-31/h15-16,20-21,27,32-33H,5-14,17-19,22-26H2,1-4H3. The lowest BCUT2D eigenvalue weighted by Crippen LogP contribution is -2.38. The molecular weight excluding hydrogens is 546 g/mol. The van der Waals surface area contributed by atoms with Crippen molar-refractivity contribution in [1.82, 2.24) is 34.6 Å². The number of piperidine rings is 1. The van der Waals surface area contributed by atoms with Gasteiger partial charge in [-0.2, -0.15) is 0 Å². The molecule has 1 unspecified atom stereocenters. The molecule has 11 heteroatoms. The number of hydrogen-bond donors (Lipinski definition) is 2. The predicted octanol–water partition coefficient (Wildman–Crippen LogP) is 4.07. The molecule has 42 heavy (non-hydrogen) atoms. The summed E-state index contributed by atoms with van der Waals surface area (Å²) >= 11 is 0. The van der Waals surface area contributed by atoms with E-state index in [9.17, 15) is 4.79 Å². The molecule has 236 valence electrons. The zero-order chi connectivity index (χ0) is 29.8. The van der Waals surface area contributed by atoms with Crippen LogP contribution in [0.15, 0.2) is 24.8 Å². The van der Waals surface area contributed by atoms with Gasteiger partial charge < -0.3 is 34.1 Å². The Morgan fingerprint density at radius 1 is 1.10 bits per heavy atom. The van der Waals surface area contributed by atoms with Crippen LogP contribution in [0.25, 0.3) is 0 Å². The Hall–Kier alpha value is -2.05. The number of rotatable bonds is 18. The number of hydrogen-bond acceptors (Lipinski definition) is 8. The van der Waals surface area contributed by atoms with E-state index in [0.29, 0.717) is 38.1 Å². The number of imidazole rings is 2. The van der Waals surface area contributed by atoms with E-state index in [4.69, 9.17) is 19.4 Å². The third-order valence-electron chi connectivity index (χ3n) is 8.78. The Kier molecular flexibility index (Phi) is 12.6. The van der Waals surface area contributed by atoms with Gasteiger partial charge in [0, 0.05) is 65.4 Å². The van der Waals surface area contributed by atoms with Crippen LogP contribution in [-0.2, 0) is 34.0 Å². The molecule has 0 aromatic carbocycles. The van der Waals surface area contributed by atoms with E-state index in [-0.39, 0.29) is 12.0 Å².